The fraction of sp³-hybridized carbons (Fsp3) is 0.714. The highest BCUT2D eigenvalue weighted by Crippen LogP contribution is 2.39. The van der Waals surface area contributed by atoms with E-state index >= 15 is 0 Å². The van der Waals surface area contributed by atoms with E-state index in [1.165, 1.54) is 32.1 Å². The van der Waals surface area contributed by atoms with Crippen LogP contribution >= 0.6 is 0 Å². The molecule has 3 unspecified atom stereocenters. The number of nitrogens with zero attached hydrogens (tertiary/aromatic N) is 2. The summed E-state index contributed by atoms with van der Waals surface area (Å²) in [4.78, 5) is 8.43. The summed E-state index contributed by atoms with van der Waals surface area (Å²) in [7, 11) is 2.05. The Morgan fingerprint density at radius 1 is 1.41 bits per heavy atom. The Kier molecular flexibility index (Phi) is 4.49. The van der Waals surface area contributed by atoms with Gasteiger partial charge in [0.05, 0.1) is 11.7 Å². The number of hydrogen-bond donors (Lipinski definition) is 1. The fourth-order valence-electron chi connectivity index (χ4n) is 3.25. The molecule has 94 valence electrons. The smallest absolute Gasteiger partial charge is 0.115 e. The van der Waals surface area contributed by atoms with E-state index in [-0.39, 0.29) is 0 Å². The Balaban J connectivity index is 2.16. The summed E-state index contributed by atoms with van der Waals surface area (Å²) in [6.07, 6.45) is 10.3. The highest BCUT2D eigenvalue weighted by atomic mass is 14.9. The van der Waals surface area contributed by atoms with Crippen molar-refractivity contribution in [1.82, 2.24) is 15.3 Å². The summed E-state index contributed by atoms with van der Waals surface area (Å²) in [5.41, 5.74) is 1.15. The maximum Gasteiger partial charge on any atom is 0.115 e. The molecular weight excluding hydrogens is 210 g/mol. The van der Waals surface area contributed by atoms with Gasteiger partial charge in [0.25, 0.3) is 0 Å². The van der Waals surface area contributed by atoms with E-state index < -0.39 is 0 Å². The second-order valence-corrected chi connectivity index (χ2v) is 5.02. The number of hydrogen-bond acceptors (Lipinski definition) is 3. The van der Waals surface area contributed by atoms with E-state index in [1.54, 1.807) is 6.33 Å². The van der Waals surface area contributed by atoms with Gasteiger partial charge >= 0.3 is 0 Å². The topological polar surface area (TPSA) is 37.8 Å². The van der Waals surface area contributed by atoms with E-state index in [2.05, 4.69) is 22.2 Å². The predicted octanol–water partition coefficient (Wildman–Crippen LogP) is 2.95. The molecule has 3 heteroatoms. The van der Waals surface area contributed by atoms with Crippen molar-refractivity contribution in [3.63, 3.8) is 0 Å². The van der Waals surface area contributed by atoms with Crippen molar-refractivity contribution in [1.29, 1.82) is 0 Å². The second-order valence-electron chi connectivity index (χ2n) is 5.02. The lowest BCUT2D eigenvalue weighted by atomic mass is 9.73. The lowest BCUT2D eigenvalue weighted by Gasteiger charge is -2.36. The molecule has 3 nitrogen and oxygen atoms in total. The Labute approximate surface area is 104 Å². The summed E-state index contributed by atoms with van der Waals surface area (Å²) in [5.74, 6) is 1.57. The normalized spacial score (nSPS) is 26.7. The number of nitrogens with one attached hydrogen (secondary N) is 1. The second kappa shape index (κ2) is 6.10. The Morgan fingerprint density at radius 3 is 2.88 bits per heavy atom. The fourth-order valence-corrected chi connectivity index (χ4v) is 3.25. The molecule has 1 saturated carbocycles. The minimum absolute atomic E-state index is 0.392. The van der Waals surface area contributed by atoms with Crippen LogP contribution in [0.25, 0.3) is 0 Å². The number of aromatic nitrogens is 2. The van der Waals surface area contributed by atoms with Gasteiger partial charge in [-0.25, -0.2) is 9.97 Å². The first-order valence-corrected chi connectivity index (χ1v) is 6.80. The predicted molar refractivity (Wildman–Crippen MR) is 69.6 cm³/mol. The molecule has 0 aromatic carbocycles. The minimum atomic E-state index is 0.392. The molecule has 1 heterocycles. The Morgan fingerprint density at radius 2 is 2.24 bits per heavy atom. The third-order valence-corrected chi connectivity index (χ3v) is 4.15. The van der Waals surface area contributed by atoms with E-state index in [1.807, 2.05) is 19.3 Å². The molecular formula is C14H23N3. The van der Waals surface area contributed by atoms with Crippen molar-refractivity contribution in [2.75, 3.05) is 7.05 Å². The molecule has 3 atom stereocenters. The monoisotopic (exact) mass is 233 g/mol. The van der Waals surface area contributed by atoms with E-state index in [0.717, 1.165) is 17.5 Å². The quantitative estimate of drug-likeness (QED) is 0.869. The van der Waals surface area contributed by atoms with Crippen molar-refractivity contribution in [2.45, 2.75) is 45.1 Å². The first kappa shape index (κ1) is 12.5. The molecule has 1 N–H and O–H groups in total. The Hall–Kier alpha value is -0.960. The summed E-state index contributed by atoms with van der Waals surface area (Å²) in [6.45, 7) is 2.32. The van der Waals surface area contributed by atoms with Crippen molar-refractivity contribution >= 4 is 0 Å². The highest BCUT2D eigenvalue weighted by molar-refractivity contribution is 5.07. The molecule has 17 heavy (non-hydrogen) atoms. The molecule has 0 spiro atoms. The zero-order chi connectivity index (χ0) is 12.1. The van der Waals surface area contributed by atoms with Crippen LogP contribution in [0, 0.1) is 11.8 Å². The molecule has 2 rings (SSSR count). The lowest BCUT2D eigenvalue weighted by molar-refractivity contribution is 0.178. The van der Waals surface area contributed by atoms with Gasteiger partial charge in [-0.2, -0.15) is 0 Å². The molecule has 0 radical (unpaired) electrons. The van der Waals surface area contributed by atoms with Crippen LogP contribution in [0.1, 0.15) is 50.8 Å². The van der Waals surface area contributed by atoms with E-state index in [0.29, 0.717) is 6.04 Å². The molecule has 0 bridgehead atoms. The van der Waals surface area contributed by atoms with Crippen molar-refractivity contribution in [3.05, 3.63) is 24.3 Å². The first-order chi connectivity index (χ1) is 8.36. The molecule has 1 aliphatic rings. The van der Waals surface area contributed by atoms with Crippen LogP contribution in [0.5, 0.6) is 0 Å². The van der Waals surface area contributed by atoms with Gasteiger partial charge in [-0.1, -0.05) is 32.6 Å². The zero-order valence-electron chi connectivity index (χ0n) is 10.9. The highest BCUT2D eigenvalue weighted by Gasteiger charge is 2.31. The van der Waals surface area contributed by atoms with Gasteiger partial charge in [0.2, 0.25) is 0 Å². The summed E-state index contributed by atoms with van der Waals surface area (Å²) in [6, 6.07) is 2.44. The lowest BCUT2D eigenvalue weighted by Crippen LogP contribution is -2.33. The van der Waals surface area contributed by atoms with Crippen LogP contribution in [0.4, 0.5) is 0 Å². The van der Waals surface area contributed by atoms with Gasteiger partial charge in [-0.15, -0.1) is 0 Å². The molecule has 1 aromatic heterocycles. The van der Waals surface area contributed by atoms with Crippen molar-refractivity contribution < 1.29 is 0 Å². The average Bonchev–Trinajstić information content (AvgIpc) is 2.41. The minimum Gasteiger partial charge on any atom is -0.311 e. The van der Waals surface area contributed by atoms with E-state index in [4.69, 9.17) is 0 Å². The van der Waals surface area contributed by atoms with Gasteiger partial charge < -0.3 is 5.32 Å². The van der Waals surface area contributed by atoms with E-state index in [9.17, 15) is 0 Å². The number of rotatable bonds is 4. The summed E-state index contributed by atoms with van der Waals surface area (Å²) < 4.78 is 0. The third kappa shape index (κ3) is 2.83. The molecule has 0 aliphatic heterocycles. The molecule has 1 fully saturated rings. The van der Waals surface area contributed by atoms with Gasteiger partial charge in [0.1, 0.15) is 6.33 Å². The van der Waals surface area contributed by atoms with Gasteiger partial charge in [-0.3, -0.25) is 0 Å². The standard InChI is InChI=1S/C14H23N3/c1-3-11-6-4-5-7-12(11)14(15-2)13-8-9-16-10-17-13/h8-12,14-15H,3-7H2,1-2H3. The maximum absolute atomic E-state index is 4.42. The van der Waals surface area contributed by atoms with Crippen molar-refractivity contribution in [3.8, 4) is 0 Å². The summed E-state index contributed by atoms with van der Waals surface area (Å²) >= 11 is 0. The van der Waals surface area contributed by atoms with Crippen LogP contribution in [-0.2, 0) is 0 Å². The maximum atomic E-state index is 4.42. The van der Waals surface area contributed by atoms with Crippen LogP contribution in [0.2, 0.25) is 0 Å². The molecule has 1 aromatic rings. The van der Waals surface area contributed by atoms with Crippen LogP contribution < -0.4 is 5.32 Å². The zero-order valence-corrected chi connectivity index (χ0v) is 10.9. The summed E-state index contributed by atoms with van der Waals surface area (Å²) in [5, 5.41) is 3.46. The Bertz CT molecular complexity index is 325. The van der Waals surface area contributed by atoms with Gasteiger partial charge in [0.15, 0.2) is 0 Å². The third-order valence-electron chi connectivity index (χ3n) is 4.15. The van der Waals surface area contributed by atoms with Crippen molar-refractivity contribution in [2.24, 2.45) is 11.8 Å². The van der Waals surface area contributed by atoms with Gasteiger partial charge in [0, 0.05) is 6.20 Å². The van der Waals surface area contributed by atoms with Gasteiger partial charge in [-0.05, 0) is 31.4 Å². The SMILES string of the molecule is CCC1CCCCC1C(NC)c1ccncn1. The molecule has 0 amide bonds. The van der Waals surface area contributed by atoms with Crippen LogP contribution in [0.15, 0.2) is 18.6 Å². The molecule has 0 saturated heterocycles. The van der Waals surface area contributed by atoms with Crippen LogP contribution in [-0.4, -0.2) is 17.0 Å². The molecule has 1 aliphatic carbocycles. The largest absolute Gasteiger partial charge is 0.311 e. The first-order valence-electron chi connectivity index (χ1n) is 6.80. The van der Waals surface area contributed by atoms with Crippen LogP contribution in [0.3, 0.4) is 0 Å². The average molecular weight is 233 g/mol.